The first kappa shape index (κ1) is 24.4. The van der Waals surface area contributed by atoms with Gasteiger partial charge in [-0.1, -0.05) is 60.6 Å². The molecule has 0 saturated heterocycles. The standard InChI is InChI=1S/C32H54O/c1-21(2)22(3)10-11-23(4)24-14-16-30(8)26-13-12-25-28(5,6)27(33-9)15-17-31(25)20-32(26,31)19-18-29(24,30)7/h21,23-27H,3,10-20H2,1-2,4-9H3. The zero-order valence-electron chi connectivity index (χ0n) is 23.4. The predicted molar refractivity (Wildman–Crippen MR) is 140 cm³/mol. The van der Waals surface area contributed by atoms with E-state index in [4.69, 9.17) is 4.74 Å². The molecule has 33 heavy (non-hydrogen) atoms. The van der Waals surface area contributed by atoms with Crippen molar-refractivity contribution in [2.45, 2.75) is 125 Å². The molecular formula is C32H54O. The van der Waals surface area contributed by atoms with Crippen LogP contribution in [0.3, 0.4) is 0 Å². The zero-order valence-corrected chi connectivity index (χ0v) is 23.4. The van der Waals surface area contributed by atoms with Crippen LogP contribution >= 0.6 is 0 Å². The molecule has 0 heterocycles. The summed E-state index contributed by atoms with van der Waals surface area (Å²) in [4.78, 5) is 0. The molecule has 0 aromatic heterocycles. The average Bonchev–Trinajstić information content (AvgIpc) is 3.33. The normalized spacial score (nSPS) is 50.7. The maximum atomic E-state index is 6.05. The fraction of sp³-hybridized carbons (Fsp3) is 0.938. The monoisotopic (exact) mass is 454 g/mol. The fourth-order valence-corrected chi connectivity index (χ4v) is 11.6. The van der Waals surface area contributed by atoms with Gasteiger partial charge in [-0.3, -0.25) is 0 Å². The van der Waals surface area contributed by atoms with Gasteiger partial charge in [0.15, 0.2) is 0 Å². The summed E-state index contributed by atoms with van der Waals surface area (Å²) in [6.45, 7) is 22.2. The molecule has 188 valence electrons. The number of hydrogen-bond acceptors (Lipinski definition) is 1. The third-order valence-electron chi connectivity index (χ3n) is 13.8. The number of fused-ring (bicyclic) bond motifs is 2. The third-order valence-corrected chi connectivity index (χ3v) is 13.8. The summed E-state index contributed by atoms with van der Waals surface area (Å²) >= 11 is 0. The summed E-state index contributed by atoms with van der Waals surface area (Å²) in [5.41, 5.74) is 4.21. The van der Waals surface area contributed by atoms with E-state index in [-0.39, 0.29) is 0 Å². The van der Waals surface area contributed by atoms with Crippen molar-refractivity contribution < 1.29 is 4.74 Å². The molecule has 0 bridgehead atoms. The average molecular weight is 455 g/mol. The second-order valence-corrected chi connectivity index (χ2v) is 15.1. The molecule has 1 heteroatoms. The van der Waals surface area contributed by atoms with Gasteiger partial charge in [-0.2, -0.15) is 0 Å². The molecule has 5 aliphatic carbocycles. The highest BCUT2D eigenvalue weighted by Gasteiger charge is 2.82. The third kappa shape index (κ3) is 2.99. The smallest absolute Gasteiger partial charge is 0.0625 e. The van der Waals surface area contributed by atoms with E-state index in [0.717, 1.165) is 23.7 Å². The van der Waals surface area contributed by atoms with Gasteiger partial charge in [0.05, 0.1) is 6.10 Å². The van der Waals surface area contributed by atoms with Gasteiger partial charge in [-0.15, -0.1) is 0 Å². The van der Waals surface area contributed by atoms with E-state index in [1.165, 1.54) is 69.8 Å². The van der Waals surface area contributed by atoms with E-state index in [0.29, 0.717) is 39.1 Å². The Morgan fingerprint density at radius 2 is 1.52 bits per heavy atom. The van der Waals surface area contributed by atoms with Crippen molar-refractivity contribution in [3.8, 4) is 0 Å². The molecule has 0 N–H and O–H groups in total. The lowest BCUT2D eigenvalue weighted by atomic mass is 9.41. The molecule has 0 radical (unpaired) electrons. The minimum atomic E-state index is 0.342. The lowest BCUT2D eigenvalue weighted by Gasteiger charge is -2.63. The van der Waals surface area contributed by atoms with Crippen molar-refractivity contribution in [1.29, 1.82) is 0 Å². The van der Waals surface area contributed by atoms with Gasteiger partial charge in [-0.25, -0.2) is 0 Å². The molecule has 1 nitrogen and oxygen atoms in total. The molecule has 2 spiro atoms. The van der Waals surface area contributed by atoms with E-state index in [1.807, 2.05) is 7.11 Å². The number of hydrogen-bond donors (Lipinski definition) is 0. The molecule has 9 atom stereocenters. The van der Waals surface area contributed by atoms with Gasteiger partial charge in [0.2, 0.25) is 0 Å². The van der Waals surface area contributed by atoms with Crippen LogP contribution in [0.4, 0.5) is 0 Å². The first-order valence-corrected chi connectivity index (χ1v) is 14.6. The maximum Gasteiger partial charge on any atom is 0.0625 e. The highest BCUT2D eigenvalue weighted by molar-refractivity contribution is 5.30. The quantitative estimate of drug-likeness (QED) is 0.364. The topological polar surface area (TPSA) is 9.23 Å². The highest BCUT2D eigenvalue weighted by Crippen LogP contribution is 2.89. The Kier molecular flexibility index (Phi) is 5.62. The summed E-state index contributed by atoms with van der Waals surface area (Å²) in [6.07, 6.45) is 16.3. The van der Waals surface area contributed by atoms with Gasteiger partial charge in [0.1, 0.15) is 0 Å². The second-order valence-electron chi connectivity index (χ2n) is 15.1. The molecule has 0 aliphatic heterocycles. The maximum absolute atomic E-state index is 6.05. The Morgan fingerprint density at radius 1 is 0.848 bits per heavy atom. The van der Waals surface area contributed by atoms with Crippen LogP contribution in [0, 0.1) is 56.7 Å². The van der Waals surface area contributed by atoms with Crippen molar-refractivity contribution in [2.24, 2.45) is 56.7 Å². The Labute approximate surface area is 205 Å². The van der Waals surface area contributed by atoms with Crippen molar-refractivity contribution in [3.63, 3.8) is 0 Å². The molecule has 5 rings (SSSR count). The van der Waals surface area contributed by atoms with Crippen molar-refractivity contribution in [1.82, 2.24) is 0 Å². The van der Waals surface area contributed by atoms with Crippen LogP contribution in [0.1, 0.15) is 119 Å². The minimum Gasteiger partial charge on any atom is -0.381 e. The lowest BCUT2D eigenvalue weighted by Crippen LogP contribution is -2.57. The highest BCUT2D eigenvalue weighted by atomic mass is 16.5. The Balaban J connectivity index is 1.38. The van der Waals surface area contributed by atoms with E-state index < -0.39 is 0 Å². The second kappa shape index (κ2) is 7.60. The van der Waals surface area contributed by atoms with Crippen molar-refractivity contribution in [2.75, 3.05) is 7.11 Å². The van der Waals surface area contributed by atoms with Gasteiger partial charge >= 0.3 is 0 Å². The number of ether oxygens (including phenoxy) is 1. The van der Waals surface area contributed by atoms with Crippen LogP contribution in [-0.4, -0.2) is 13.2 Å². The van der Waals surface area contributed by atoms with Crippen LogP contribution in [-0.2, 0) is 4.74 Å². The molecule has 5 saturated carbocycles. The number of allylic oxidation sites excluding steroid dienone is 1. The van der Waals surface area contributed by atoms with Gasteiger partial charge in [-0.05, 0) is 127 Å². The van der Waals surface area contributed by atoms with Crippen LogP contribution in [0.25, 0.3) is 0 Å². The van der Waals surface area contributed by atoms with Gasteiger partial charge in [0.25, 0.3) is 0 Å². The van der Waals surface area contributed by atoms with Crippen LogP contribution in [0.15, 0.2) is 12.2 Å². The Bertz CT molecular complexity index is 794. The summed E-state index contributed by atoms with van der Waals surface area (Å²) in [7, 11) is 1.96. The van der Waals surface area contributed by atoms with E-state index >= 15 is 0 Å². The fourth-order valence-electron chi connectivity index (χ4n) is 11.6. The van der Waals surface area contributed by atoms with E-state index in [1.54, 1.807) is 6.42 Å². The van der Waals surface area contributed by atoms with Crippen molar-refractivity contribution >= 4 is 0 Å². The molecule has 9 unspecified atom stereocenters. The van der Waals surface area contributed by atoms with Gasteiger partial charge < -0.3 is 4.74 Å². The number of methoxy groups -OCH3 is 1. The van der Waals surface area contributed by atoms with Crippen molar-refractivity contribution in [3.05, 3.63) is 12.2 Å². The van der Waals surface area contributed by atoms with Crippen LogP contribution in [0.5, 0.6) is 0 Å². The summed E-state index contributed by atoms with van der Waals surface area (Å²) in [5.74, 6) is 4.23. The Morgan fingerprint density at radius 3 is 2.18 bits per heavy atom. The van der Waals surface area contributed by atoms with Gasteiger partial charge in [0, 0.05) is 7.11 Å². The molecule has 5 aliphatic rings. The zero-order chi connectivity index (χ0) is 24.0. The lowest BCUT2D eigenvalue weighted by molar-refractivity contribution is -0.166. The molecule has 0 amide bonds. The van der Waals surface area contributed by atoms with E-state index in [2.05, 4.69) is 55.0 Å². The minimum absolute atomic E-state index is 0.342. The van der Waals surface area contributed by atoms with E-state index in [9.17, 15) is 0 Å². The number of rotatable bonds is 6. The van der Waals surface area contributed by atoms with Crippen LogP contribution < -0.4 is 0 Å². The largest absolute Gasteiger partial charge is 0.381 e. The molecule has 0 aromatic rings. The first-order chi connectivity index (χ1) is 15.4. The Hall–Kier alpha value is -0.300. The summed E-state index contributed by atoms with van der Waals surface area (Å²) in [5, 5.41) is 0. The SMILES string of the molecule is C=C(CCC(C)C1CCC2(C)C3CCC4C(C)(C)C(OC)CCC45CC35CCC12C)C(C)C. The van der Waals surface area contributed by atoms with Crippen LogP contribution in [0.2, 0.25) is 0 Å². The summed E-state index contributed by atoms with van der Waals surface area (Å²) < 4.78 is 6.05. The molecular weight excluding hydrogens is 400 g/mol. The first-order valence-electron chi connectivity index (χ1n) is 14.6. The predicted octanol–water partition coefficient (Wildman–Crippen LogP) is 9.07. The summed E-state index contributed by atoms with van der Waals surface area (Å²) in [6, 6.07) is 0. The molecule has 0 aromatic carbocycles. The molecule has 5 fully saturated rings.